The van der Waals surface area contributed by atoms with Crippen LogP contribution in [0.15, 0.2) is 40.0 Å². The number of rotatable bonds is 6. The van der Waals surface area contributed by atoms with Crippen molar-refractivity contribution in [2.45, 2.75) is 48.5 Å². The first-order chi connectivity index (χ1) is 12.7. The maximum atomic E-state index is 12.5. The summed E-state index contributed by atoms with van der Waals surface area (Å²) in [6.45, 7) is 1.85. The number of benzene rings is 1. The van der Waals surface area contributed by atoms with Gasteiger partial charge in [-0.25, -0.2) is 4.98 Å². The number of aromatic amines is 1. The van der Waals surface area contributed by atoms with Gasteiger partial charge in [0, 0.05) is 16.9 Å². The first kappa shape index (κ1) is 19.5. The van der Waals surface area contributed by atoms with Crippen LogP contribution < -0.4 is 10.9 Å². The quantitative estimate of drug-likeness (QED) is 0.719. The molecular weight excluding hydrogens is 379 g/mol. The molecule has 9 heteroatoms. The third kappa shape index (κ3) is 5.35. The van der Waals surface area contributed by atoms with E-state index in [0.29, 0.717) is 17.8 Å². The summed E-state index contributed by atoms with van der Waals surface area (Å²) in [6, 6.07) is 6.62. The standard InChI is InChI=1S/C18H18F3N3O2S/c1-2-13(10-5-7-12(8-6-10)27-18(19,20)21)23-17(26)14-9-15(25)24-16(22-14)11-3-4-11/h5-9,11,13H,2-4H2,1H3,(H,23,26)(H,22,24,25). The molecule has 0 saturated heterocycles. The number of hydrogen-bond acceptors (Lipinski definition) is 4. The molecule has 1 amide bonds. The number of thioether (sulfide) groups is 1. The van der Waals surface area contributed by atoms with Gasteiger partial charge in [0.2, 0.25) is 0 Å². The summed E-state index contributed by atoms with van der Waals surface area (Å²) in [5.41, 5.74) is -3.99. The molecule has 1 unspecified atom stereocenters. The Kier molecular flexibility index (Phi) is 5.59. The number of carbonyl (C=O) groups excluding carboxylic acids is 1. The van der Waals surface area contributed by atoms with Crippen LogP contribution >= 0.6 is 11.8 Å². The number of alkyl halides is 3. The van der Waals surface area contributed by atoms with Gasteiger partial charge in [-0.1, -0.05) is 19.1 Å². The Morgan fingerprint density at radius 3 is 2.56 bits per heavy atom. The fourth-order valence-electron chi connectivity index (χ4n) is 2.70. The summed E-state index contributed by atoms with van der Waals surface area (Å²) < 4.78 is 37.3. The number of carbonyl (C=O) groups is 1. The van der Waals surface area contributed by atoms with Gasteiger partial charge in [-0.3, -0.25) is 9.59 Å². The van der Waals surface area contributed by atoms with Crippen molar-refractivity contribution >= 4 is 17.7 Å². The largest absolute Gasteiger partial charge is 0.446 e. The topological polar surface area (TPSA) is 74.8 Å². The molecular formula is C18H18F3N3O2S. The van der Waals surface area contributed by atoms with Crippen LogP contribution in [0.4, 0.5) is 13.2 Å². The molecule has 1 aliphatic rings. The average Bonchev–Trinajstić information content (AvgIpc) is 3.43. The minimum atomic E-state index is -4.34. The zero-order valence-electron chi connectivity index (χ0n) is 14.5. The summed E-state index contributed by atoms with van der Waals surface area (Å²) in [7, 11) is 0. The van der Waals surface area contributed by atoms with E-state index in [0.717, 1.165) is 18.9 Å². The Balaban J connectivity index is 1.73. The minimum absolute atomic E-state index is 0.0448. The zero-order chi connectivity index (χ0) is 19.6. The van der Waals surface area contributed by atoms with Crippen molar-refractivity contribution in [3.63, 3.8) is 0 Å². The van der Waals surface area contributed by atoms with E-state index in [1.165, 1.54) is 12.1 Å². The molecule has 0 aliphatic heterocycles. The molecule has 144 valence electrons. The zero-order valence-corrected chi connectivity index (χ0v) is 15.3. The molecule has 1 heterocycles. The highest BCUT2D eigenvalue weighted by Crippen LogP contribution is 2.38. The number of nitrogens with zero attached hydrogens (tertiary/aromatic N) is 1. The highest BCUT2D eigenvalue weighted by Gasteiger charge is 2.29. The Bertz CT molecular complexity index is 877. The van der Waals surface area contributed by atoms with Gasteiger partial charge in [0.05, 0.1) is 6.04 Å². The highest BCUT2D eigenvalue weighted by atomic mass is 32.2. The lowest BCUT2D eigenvalue weighted by atomic mass is 10.0. The molecule has 1 fully saturated rings. The third-order valence-corrected chi connectivity index (χ3v) is 4.93. The number of nitrogens with one attached hydrogen (secondary N) is 2. The van der Waals surface area contributed by atoms with E-state index in [1.807, 2.05) is 6.92 Å². The molecule has 3 rings (SSSR count). The predicted octanol–water partition coefficient (Wildman–Crippen LogP) is 4.14. The smallest absolute Gasteiger partial charge is 0.344 e. The molecule has 1 atom stereocenters. The van der Waals surface area contributed by atoms with Crippen LogP contribution in [-0.4, -0.2) is 21.4 Å². The molecule has 0 spiro atoms. The van der Waals surface area contributed by atoms with Crippen LogP contribution in [0, 0.1) is 0 Å². The van der Waals surface area contributed by atoms with Crippen molar-refractivity contribution in [3.8, 4) is 0 Å². The monoisotopic (exact) mass is 397 g/mol. The second-order valence-electron chi connectivity index (χ2n) is 6.34. The summed E-state index contributed by atoms with van der Waals surface area (Å²) in [4.78, 5) is 31.2. The van der Waals surface area contributed by atoms with E-state index in [-0.39, 0.29) is 33.8 Å². The third-order valence-electron chi connectivity index (χ3n) is 4.19. The molecule has 1 aromatic heterocycles. The van der Waals surface area contributed by atoms with Crippen LogP contribution in [-0.2, 0) is 0 Å². The first-order valence-corrected chi connectivity index (χ1v) is 9.34. The molecule has 1 aliphatic carbocycles. The Morgan fingerprint density at radius 1 is 1.33 bits per heavy atom. The van der Waals surface area contributed by atoms with E-state index in [2.05, 4.69) is 15.3 Å². The van der Waals surface area contributed by atoms with Crippen molar-refractivity contribution < 1.29 is 18.0 Å². The summed E-state index contributed by atoms with van der Waals surface area (Å²) in [5.74, 6) is 0.240. The Labute approximate surface area is 157 Å². The Morgan fingerprint density at radius 2 is 2.00 bits per heavy atom. The SMILES string of the molecule is CCC(NC(=O)c1cc(=O)[nH]c(C2CC2)n1)c1ccc(SC(F)(F)F)cc1. The van der Waals surface area contributed by atoms with Gasteiger partial charge >= 0.3 is 5.51 Å². The first-order valence-electron chi connectivity index (χ1n) is 8.53. The lowest BCUT2D eigenvalue weighted by Crippen LogP contribution is -2.30. The van der Waals surface area contributed by atoms with Crippen molar-refractivity contribution in [1.82, 2.24) is 15.3 Å². The normalized spacial score (nSPS) is 15.4. The molecule has 27 heavy (non-hydrogen) atoms. The summed E-state index contributed by atoms with van der Waals surface area (Å²) in [5, 5.41) is 2.80. The molecule has 1 saturated carbocycles. The molecule has 0 radical (unpaired) electrons. The van der Waals surface area contributed by atoms with Gasteiger partial charge in [0.1, 0.15) is 11.5 Å². The lowest BCUT2D eigenvalue weighted by Gasteiger charge is -2.18. The maximum Gasteiger partial charge on any atom is 0.446 e. The van der Waals surface area contributed by atoms with Gasteiger partial charge in [0.25, 0.3) is 11.5 Å². The second kappa shape index (κ2) is 7.75. The lowest BCUT2D eigenvalue weighted by molar-refractivity contribution is -0.0328. The molecule has 2 aromatic rings. The van der Waals surface area contributed by atoms with E-state index in [4.69, 9.17) is 0 Å². The van der Waals surface area contributed by atoms with Gasteiger partial charge in [-0.15, -0.1) is 0 Å². The van der Waals surface area contributed by atoms with E-state index in [1.54, 1.807) is 12.1 Å². The fourth-order valence-corrected chi connectivity index (χ4v) is 3.24. The van der Waals surface area contributed by atoms with Crippen LogP contribution in [0.2, 0.25) is 0 Å². The second-order valence-corrected chi connectivity index (χ2v) is 7.48. The number of aromatic nitrogens is 2. The molecule has 2 N–H and O–H groups in total. The molecule has 5 nitrogen and oxygen atoms in total. The van der Waals surface area contributed by atoms with Crippen LogP contribution in [0.5, 0.6) is 0 Å². The number of hydrogen-bond donors (Lipinski definition) is 2. The van der Waals surface area contributed by atoms with Crippen molar-refractivity contribution in [3.05, 3.63) is 57.8 Å². The van der Waals surface area contributed by atoms with Crippen LogP contribution in [0.25, 0.3) is 0 Å². The average molecular weight is 397 g/mol. The predicted molar refractivity (Wildman–Crippen MR) is 95.7 cm³/mol. The summed E-state index contributed by atoms with van der Waals surface area (Å²) in [6.07, 6.45) is 2.41. The van der Waals surface area contributed by atoms with Crippen molar-refractivity contribution in [1.29, 1.82) is 0 Å². The number of H-pyrrole nitrogens is 1. The van der Waals surface area contributed by atoms with Crippen molar-refractivity contribution in [2.75, 3.05) is 0 Å². The highest BCUT2D eigenvalue weighted by molar-refractivity contribution is 8.00. The van der Waals surface area contributed by atoms with E-state index in [9.17, 15) is 22.8 Å². The summed E-state index contributed by atoms with van der Waals surface area (Å²) >= 11 is -0.184. The fraction of sp³-hybridized carbons (Fsp3) is 0.389. The van der Waals surface area contributed by atoms with Gasteiger partial charge in [0.15, 0.2) is 0 Å². The van der Waals surface area contributed by atoms with E-state index < -0.39 is 17.5 Å². The van der Waals surface area contributed by atoms with E-state index >= 15 is 0 Å². The molecule has 0 bridgehead atoms. The Hall–Kier alpha value is -2.29. The van der Waals surface area contributed by atoms with Crippen LogP contribution in [0.3, 0.4) is 0 Å². The number of halogens is 3. The maximum absolute atomic E-state index is 12.5. The van der Waals surface area contributed by atoms with Gasteiger partial charge in [-0.2, -0.15) is 13.2 Å². The van der Waals surface area contributed by atoms with Gasteiger partial charge < -0.3 is 10.3 Å². The van der Waals surface area contributed by atoms with Crippen molar-refractivity contribution in [2.24, 2.45) is 0 Å². The van der Waals surface area contributed by atoms with Gasteiger partial charge in [-0.05, 0) is 48.7 Å². The minimum Gasteiger partial charge on any atom is -0.344 e. The number of amides is 1. The molecule has 1 aromatic carbocycles. The van der Waals surface area contributed by atoms with Crippen LogP contribution in [0.1, 0.15) is 60.0 Å².